The highest BCUT2D eigenvalue weighted by molar-refractivity contribution is 6.18. The Bertz CT molecular complexity index is 506. The lowest BCUT2D eigenvalue weighted by Gasteiger charge is -2.27. The summed E-state index contributed by atoms with van der Waals surface area (Å²) in [5.41, 5.74) is 7.31. The molecule has 0 heterocycles. The monoisotopic (exact) mass is 362 g/mol. The second-order valence-corrected chi connectivity index (χ2v) is 6.24. The normalized spacial score (nSPS) is 12.3. The van der Waals surface area contributed by atoms with Gasteiger partial charge in [-0.1, -0.05) is 6.07 Å². The van der Waals surface area contributed by atoms with Crippen molar-refractivity contribution >= 4 is 34.9 Å². The van der Waals surface area contributed by atoms with Gasteiger partial charge in [0, 0.05) is 24.8 Å². The highest BCUT2D eigenvalue weighted by Crippen LogP contribution is 2.31. The van der Waals surface area contributed by atoms with E-state index in [1.165, 1.54) is 0 Å². The maximum absolute atomic E-state index is 10.9. The minimum atomic E-state index is -1.02. The number of nitrogens with two attached hydrogens (primary N) is 1. The van der Waals surface area contributed by atoms with E-state index < -0.39 is 12.0 Å². The van der Waals surface area contributed by atoms with Crippen molar-refractivity contribution in [1.82, 2.24) is 0 Å². The molecule has 1 aromatic rings. The summed E-state index contributed by atoms with van der Waals surface area (Å²) >= 11 is 11.8. The molecule has 0 bridgehead atoms. The molecule has 0 unspecified atom stereocenters. The summed E-state index contributed by atoms with van der Waals surface area (Å²) in [6.45, 7) is 5.14. The minimum absolute atomic E-state index is 0.0229. The number of carboxylic acid groups (broad SMARTS) is 1. The lowest BCUT2D eigenvalue weighted by atomic mass is 10.0. The van der Waals surface area contributed by atoms with Crippen LogP contribution in [-0.4, -0.2) is 48.1 Å². The van der Waals surface area contributed by atoms with Crippen LogP contribution in [0, 0.1) is 0 Å². The van der Waals surface area contributed by atoms with Gasteiger partial charge in [0.1, 0.15) is 11.8 Å². The molecule has 0 aliphatic heterocycles. The summed E-state index contributed by atoms with van der Waals surface area (Å²) in [6, 6.07) is 4.65. The quantitative estimate of drug-likeness (QED) is 0.625. The molecule has 7 heteroatoms. The van der Waals surface area contributed by atoms with Gasteiger partial charge in [0.15, 0.2) is 0 Å². The van der Waals surface area contributed by atoms with Crippen molar-refractivity contribution in [2.75, 3.05) is 29.7 Å². The molecule has 130 valence electrons. The van der Waals surface area contributed by atoms with E-state index in [0.717, 1.165) is 17.0 Å². The number of carboxylic acids is 1. The molecule has 1 rings (SSSR count). The number of nitrogens with zero attached hydrogens (tertiary/aromatic N) is 1. The number of carbonyl (C=O) groups is 1. The van der Waals surface area contributed by atoms with Crippen molar-refractivity contribution in [1.29, 1.82) is 0 Å². The molecule has 23 heavy (non-hydrogen) atoms. The van der Waals surface area contributed by atoms with Gasteiger partial charge in [-0.15, -0.1) is 23.2 Å². The van der Waals surface area contributed by atoms with Crippen molar-refractivity contribution in [2.45, 2.75) is 32.4 Å². The highest BCUT2D eigenvalue weighted by atomic mass is 35.5. The average molecular weight is 363 g/mol. The lowest BCUT2D eigenvalue weighted by molar-refractivity contribution is -0.138. The maximum atomic E-state index is 10.9. The third-order valence-electron chi connectivity index (χ3n) is 3.21. The minimum Gasteiger partial charge on any atom is -0.489 e. The Morgan fingerprint density at radius 1 is 1.30 bits per heavy atom. The molecule has 0 amide bonds. The number of hydrogen-bond donors (Lipinski definition) is 2. The van der Waals surface area contributed by atoms with E-state index in [2.05, 4.69) is 0 Å². The molecule has 0 saturated heterocycles. The molecule has 1 aromatic carbocycles. The Labute approximate surface area is 147 Å². The Balaban J connectivity index is 3.14. The van der Waals surface area contributed by atoms with Gasteiger partial charge in [-0.3, -0.25) is 4.79 Å². The summed E-state index contributed by atoms with van der Waals surface area (Å²) in [5.74, 6) is 0.614. The molecule has 3 N–H and O–H groups in total. The Morgan fingerprint density at radius 3 is 2.39 bits per heavy atom. The Hall–Kier alpha value is -1.17. The zero-order valence-corrected chi connectivity index (χ0v) is 15.0. The fourth-order valence-corrected chi connectivity index (χ4v) is 2.60. The van der Waals surface area contributed by atoms with E-state index in [1.807, 2.05) is 36.9 Å². The molecule has 0 saturated carbocycles. The van der Waals surface area contributed by atoms with Crippen molar-refractivity contribution in [3.8, 4) is 5.75 Å². The van der Waals surface area contributed by atoms with Crippen LogP contribution in [-0.2, 0) is 11.2 Å². The number of rotatable bonds is 10. The SMILES string of the molecule is CC(C)Oc1ccc(C[C@H](N)C(=O)O)cc1N(CCCl)CCCl. The van der Waals surface area contributed by atoms with E-state index in [4.69, 9.17) is 38.8 Å². The molecule has 0 spiro atoms. The van der Waals surface area contributed by atoms with Crippen LogP contribution < -0.4 is 15.4 Å². The number of anilines is 1. The van der Waals surface area contributed by atoms with Crippen LogP contribution in [0.1, 0.15) is 19.4 Å². The average Bonchev–Trinajstić information content (AvgIpc) is 2.48. The predicted molar refractivity (Wildman–Crippen MR) is 95.2 cm³/mol. The molecular formula is C16H24Cl2N2O3. The standard InChI is InChI=1S/C16H24Cl2N2O3/c1-11(2)23-15-4-3-12(9-13(19)16(21)22)10-14(15)20(7-5-17)8-6-18/h3-4,10-11,13H,5-9,19H2,1-2H3,(H,21,22)/t13-/m0/s1. The molecule has 5 nitrogen and oxygen atoms in total. The third kappa shape index (κ3) is 6.45. The number of aliphatic carboxylic acids is 1. The fourth-order valence-electron chi connectivity index (χ4n) is 2.19. The van der Waals surface area contributed by atoms with E-state index >= 15 is 0 Å². The topological polar surface area (TPSA) is 75.8 Å². The summed E-state index contributed by atoms with van der Waals surface area (Å²) in [4.78, 5) is 13.0. The molecule has 0 radical (unpaired) electrons. The van der Waals surface area contributed by atoms with Gasteiger partial charge < -0.3 is 20.5 Å². The number of hydrogen-bond acceptors (Lipinski definition) is 4. The van der Waals surface area contributed by atoms with Gasteiger partial charge in [-0.05, 0) is 38.0 Å². The van der Waals surface area contributed by atoms with E-state index in [1.54, 1.807) is 0 Å². The van der Waals surface area contributed by atoms with Gasteiger partial charge in [0.25, 0.3) is 0 Å². The van der Waals surface area contributed by atoms with Crippen LogP contribution in [0.2, 0.25) is 0 Å². The molecule has 0 fully saturated rings. The predicted octanol–water partition coefficient (Wildman–Crippen LogP) is 2.71. The zero-order chi connectivity index (χ0) is 17.4. The third-order valence-corrected chi connectivity index (χ3v) is 3.55. The first-order valence-corrected chi connectivity index (χ1v) is 8.60. The zero-order valence-electron chi connectivity index (χ0n) is 13.5. The molecule has 0 aromatic heterocycles. The van der Waals surface area contributed by atoms with Gasteiger partial charge in [0.2, 0.25) is 0 Å². The van der Waals surface area contributed by atoms with Crippen LogP contribution in [0.15, 0.2) is 18.2 Å². The number of halogens is 2. The molecule has 0 aliphatic rings. The Kier molecular flexibility index (Phi) is 8.52. The van der Waals surface area contributed by atoms with Crippen LogP contribution in [0.5, 0.6) is 5.75 Å². The summed E-state index contributed by atoms with van der Waals surface area (Å²) < 4.78 is 5.85. The summed E-state index contributed by atoms with van der Waals surface area (Å²) in [6.07, 6.45) is 0.273. The second-order valence-electron chi connectivity index (χ2n) is 5.48. The van der Waals surface area contributed by atoms with Crippen molar-refractivity contribution < 1.29 is 14.6 Å². The summed E-state index contributed by atoms with van der Waals surface area (Å²) in [7, 11) is 0. The van der Waals surface area contributed by atoms with E-state index in [9.17, 15) is 4.79 Å². The largest absolute Gasteiger partial charge is 0.489 e. The number of ether oxygens (including phenoxy) is 1. The van der Waals surface area contributed by atoms with Crippen LogP contribution in [0.25, 0.3) is 0 Å². The van der Waals surface area contributed by atoms with E-state index in [0.29, 0.717) is 24.8 Å². The van der Waals surface area contributed by atoms with Crippen LogP contribution in [0.4, 0.5) is 5.69 Å². The van der Waals surface area contributed by atoms with Crippen LogP contribution >= 0.6 is 23.2 Å². The maximum Gasteiger partial charge on any atom is 0.320 e. The number of benzene rings is 1. The van der Waals surface area contributed by atoms with Gasteiger partial charge in [-0.2, -0.15) is 0 Å². The van der Waals surface area contributed by atoms with Gasteiger partial charge in [-0.25, -0.2) is 0 Å². The van der Waals surface area contributed by atoms with Crippen molar-refractivity contribution in [2.24, 2.45) is 5.73 Å². The smallest absolute Gasteiger partial charge is 0.320 e. The molecule has 1 atom stereocenters. The summed E-state index contributed by atoms with van der Waals surface area (Å²) in [5, 5.41) is 8.97. The second kappa shape index (κ2) is 9.85. The first kappa shape index (κ1) is 19.9. The fraction of sp³-hybridized carbons (Fsp3) is 0.562. The highest BCUT2D eigenvalue weighted by Gasteiger charge is 2.17. The van der Waals surface area contributed by atoms with Crippen molar-refractivity contribution in [3.05, 3.63) is 23.8 Å². The molecular weight excluding hydrogens is 339 g/mol. The lowest BCUT2D eigenvalue weighted by Crippen LogP contribution is -2.32. The van der Waals surface area contributed by atoms with Gasteiger partial charge in [0.05, 0.1) is 11.8 Å². The van der Waals surface area contributed by atoms with E-state index in [-0.39, 0.29) is 12.5 Å². The Morgan fingerprint density at radius 2 is 1.91 bits per heavy atom. The molecule has 0 aliphatic carbocycles. The first-order chi connectivity index (χ1) is 10.9. The van der Waals surface area contributed by atoms with Gasteiger partial charge >= 0.3 is 5.97 Å². The number of alkyl halides is 2. The first-order valence-electron chi connectivity index (χ1n) is 7.53. The van der Waals surface area contributed by atoms with Crippen LogP contribution in [0.3, 0.4) is 0 Å². The van der Waals surface area contributed by atoms with Crippen molar-refractivity contribution in [3.63, 3.8) is 0 Å².